The summed E-state index contributed by atoms with van der Waals surface area (Å²) in [5.41, 5.74) is 0.639. The standard InChI is InChI=1S/C20H30N2O4/c1-20(2,3)26-19(24)13-21-18(23)14-22-11-9-17(10-12-22)25-15-16-7-5-4-6-8-16/h4-8,17H,9-15H2,1-3H3,(H,21,23). The zero-order valence-electron chi connectivity index (χ0n) is 16.0. The maximum atomic E-state index is 12.0. The number of ether oxygens (including phenoxy) is 2. The van der Waals surface area contributed by atoms with Gasteiger partial charge in [-0.15, -0.1) is 0 Å². The highest BCUT2D eigenvalue weighted by Crippen LogP contribution is 2.15. The number of carbonyl (C=O) groups is 2. The monoisotopic (exact) mass is 362 g/mol. The first-order valence-corrected chi connectivity index (χ1v) is 9.18. The lowest BCUT2D eigenvalue weighted by Crippen LogP contribution is -2.44. The van der Waals surface area contributed by atoms with Gasteiger partial charge in [-0.3, -0.25) is 14.5 Å². The van der Waals surface area contributed by atoms with E-state index >= 15 is 0 Å². The summed E-state index contributed by atoms with van der Waals surface area (Å²) in [4.78, 5) is 25.7. The maximum absolute atomic E-state index is 12.0. The third-order valence-electron chi connectivity index (χ3n) is 4.08. The molecule has 6 nitrogen and oxygen atoms in total. The molecule has 1 saturated heterocycles. The van der Waals surface area contributed by atoms with Crippen LogP contribution in [0.5, 0.6) is 0 Å². The summed E-state index contributed by atoms with van der Waals surface area (Å²) in [6.07, 6.45) is 2.05. The Bertz CT molecular complexity index is 575. The lowest BCUT2D eigenvalue weighted by atomic mass is 10.1. The van der Waals surface area contributed by atoms with Crippen LogP contribution in [0, 0.1) is 0 Å². The Kier molecular flexibility index (Phi) is 7.60. The second kappa shape index (κ2) is 9.69. The van der Waals surface area contributed by atoms with Gasteiger partial charge in [-0.1, -0.05) is 30.3 Å². The summed E-state index contributed by atoms with van der Waals surface area (Å²) in [5.74, 6) is -0.571. The summed E-state index contributed by atoms with van der Waals surface area (Å²) in [7, 11) is 0. The van der Waals surface area contributed by atoms with Gasteiger partial charge in [0, 0.05) is 13.1 Å². The molecule has 0 aliphatic carbocycles. The summed E-state index contributed by atoms with van der Waals surface area (Å²) in [5, 5.41) is 2.62. The molecular formula is C20H30N2O4. The van der Waals surface area contributed by atoms with Crippen LogP contribution in [0.1, 0.15) is 39.2 Å². The van der Waals surface area contributed by atoms with Gasteiger partial charge in [0.2, 0.25) is 5.91 Å². The summed E-state index contributed by atoms with van der Waals surface area (Å²) in [6.45, 7) is 7.88. The van der Waals surface area contributed by atoms with Crippen LogP contribution in [0.3, 0.4) is 0 Å². The molecule has 1 amide bonds. The van der Waals surface area contributed by atoms with E-state index in [0.29, 0.717) is 13.2 Å². The lowest BCUT2D eigenvalue weighted by molar-refractivity contribution is -0.154. The molecule has 1 aliphatic heterocycles. The van der Waals surface area contributed by atoms with Crippen molar-refractivity contribution in [2.75, 3.05) is 26.2 Å². The number of hydrogen-bond donors (Lipinski definition) is 1. The molecule has 144 valence electrons. The molecule has 26 heavy (non-hydrogen) atoms. The van der Waals surface area contributed by atoms with Gasteiger partial charge in [-0.25, -0.2) is 0 Å². The number of nitrogens with one attached hydrogen (secondary N) is 1. The van der Waals surface area contributed by atoms with Crippen molar-refractivity contribution in [1.29, 1.82) is 0 Å². The van der Waals surface area contributed by atoms with Gasteiger partial charge >= 0.3 is 5.97 Å². The first kappa shape index (κ1) is 20.4. The highest BCUT2D eigenvalue weighted by atomic mass is 16.6. The number of benzene rings is 1. The highest BCUT2D eigenvalue weighted by Gasteiger charge is 2.22. The predicted octanol–water partition coefficient (Wildman–Crippen LogP) is 2.13. The average molecular weight is 362 g/mol. The number of piperidine rings is 1. The average Bonchev–Trinajstić information content (AvgIpc) is 2.59. The van der Waals surface area contributed by atoms with Crippen LogP contribution in [0.2, 0.25) is 0 Å². The second-order valence-electron chi connectivity index (χ2n) is 7.64. The van der Waals surface area contributed by atoms with Gasteiger partial charge in [-0.05, 0) is 39.2 Å². The fraction of sp³-hybridized carbons (Fsp3) is 0.600. The minimum Gasteiger partial charge on any atom is -0.459 e. The van der Waals surface area contributed by atoms with Crippen molar-refractivity contribution in [2.45, 2.75) is 51.9 Å². The number of likely N-dealkylation sites (tertiary alicyclic amines) is 1. The Morgan fingerprint density at radius 1 is 1.15 bits per heavy atom. The normalized spacial score (nSPS) is 16.3. The molecule has 0 bridgehead atoms. The van der Waals surface area contributed by atoms with Crippen molar-refractivity contribution < 1.29 is 19.1 Å². The van der Waals surface area contributed by atoms with Gasteiger partial charge in [0.1, 0.15) is 12.1 Å². The third kappa shape index (κ3) is 7.97. The smallest absolute Gasteiger partial charge is 0.325 e. The number of hydrogen-bond acceptors (Lipinski definition) is 5. The molecule has 6 heteroatoms. The SMILES string of the molecule is CC(C)(C)OC(=O)CNC(=O)CN1CCC(OCc2ccccc2)CC1. The van der Waals surface area contributed by atoms with Gasteiger partial charge in [-0.2, -0.15) is 0 Å². The molecule has 2 rings (SSSR count). The maximum Gasteiger partial charge on any atom is 0.325 e. The molecular weight excluding hydrogens is 332 g/mol. The van der Waals surface area contributed by atoms with Crippen LogP contribution in [0.4, 0.5) is 0 Å². The summed E-state index contributed by atoms with van der Waals surface area (Å²) >= 11 is 0. The number of esters is 1. The summed E-state index contributed by atoms with van der Waals surface area (Å²) in [6, 6.07) is 10.1. The number of rotatable bonds is 7. The van der Waals surface area contributed by atoms with Crippen molar-refractivity contribution in [3.05, 3.63) is 35.9 Å². The number of carbonyl (C=O) groups excluding carboxylic acids is 2. The topological polar surface area (TPSA) is 67.9 Å². The molecule has 1 fully saturated rings. The zero-order valence-corrected chi connectivity index (χ0v) is 16.0. The Hall–Kier alpha value is -1.92. The molecule has 1 heterocycles. The van der Waals surface area contributed by atoms with E-state index in [0.717, 1.165) is 25.9 Å². The largest absolute Gasteiger partial charge is 0.459 e. The van der Waals surface area contributed by atoms with Crippen LogP contribution in [-0.2, 0) is 25.7 Å². The van der Waals surface area contributed by atoms with Gasteiger partial charge in [0.25, 0.3) is 0 Å². The van der Waals surface area contributed by atoms with Crippen LogP contribution < -0.4 is 5.32 Å². The number of nitrogens with zero attached hydrogens (tertiary/aromatic N) is 1. The molecule has 1 aromatic carbocycles. The molecule has 1 aromatic rings. The number of amides is 1. The van der Waals surface area contributed by atoms with E-state index in [-0.39, 0.29) is 18.6 Å². The third-order valence-corrected chi connectivity index (χ3v) is 4.08. The van der Waals surface area contributed by atoms with E-state index in [1.165, 1.54) is 5.56 Å². The van der Waals surface area contributed by atoms with Crippen molar-refractivity contribution in [2.24, 2.45) is 0 Å². The first-order chi connectivity index (χ1) is 12.3. The predicted molar refractivity (Wildman–Crippen MR) is 99.5 cm³/mol. The zero-order chi connectivity index (χ0) is 19.0. The molecule has 0 saturated carbocycles. The van der Waals surface area contributed by atoms with Crippen LogP contribution in [-0.4, -0.2) is 54.7 Å². The fourth-order valence-corrected chi connectivity index (χ4v) is 2.83. The van der Waals surface area contributed by atoms with E-state index in [2.05, 4.69) is 22.3 Å². The molecule has 0 aromatic heterocycles. The lowest BCUT2D eigenvalue weighted by Gasteiger charge is -2.31. The van der Waals surface area contributed by atoms with Gasteiger partial charge in [0.15, 0.2) is 0 Å². The fourth-order valence-electron chi connectivity index (χ4n) is 2.83. The van der Waals surface area contributed by atoms with Crippen LogP contribution in [0.15, 0.2) is 30.3 Å². The quantitative estimate of drug-likeness (QED) is 0.753. The second-order valence-corrected chi connectivity index (χ2v) is 7.64. The van der Waals surface area contributed by atoms with E-state index in [1.807, 2.05) is 18.2 Å². The molecule has 1 N–H and O–H groups in total. The Balaban J connectivity index is 1.60. The van der Waals surface area contributed by atoms with E-state index in [1.54, 1.807) is 20.8 Å². The summed E-state index contributed by atoms with van der Waals surface area (Å²) < 4.78 is 11.1. The molecule has 0 unspecified atom stereocenters. The van der Waals surface area contributed by atoms with E-state index < -0.39 is 11.6 Å². The molecule has 0 spiro atoms. The minimum atomic E-state index is -0.538. The first-order valence-electron chi connectivity index (χ1n) is 9.18. The Morgan fingerprint density at radius 3 is 2.42 bits per heavy atom. The minimum absolute atomic E-state index is 0.0905. The molecule has 0 atom stereocenters. The Morgan fingerprint density at radius 2 is 1.81 bits per heavy atom. The van der Waals surface area contributed by atoms with Crippen molar-refractivity contribution >= 4 is 11.9 Å². The van der Waals surface area contributed by atoms with Crippen molar-refractivity contribution in [3.8, 4) is 0 Å². The van der Waals surface area contributed by atoms with Crippen molar-refractivity contribution in [3.63, 3.8) is 0 Å². The van der Waals surface area contributed by atoms with Gasteiger partial charge < -0.3 is 14.8 Å². The van der Waals surface area contributed by atoms with Crippen LogP contribution >= 0.6 is 0 Å². The van der Waals surface area contributed by atoms with Crippen LogP contribution in [0.25, 0.3) is 0 Å². The Labute approximate surface area is 155 Å². The van der Waals surface area contributed by atoms with Crippen molar-refractivity contribution in [1.82, 2.24) is 10.2 Å². The molecule has 1 aliphatic rings. The highest BCUT2D eigenvalue weighted by molar-refractivity contribution is 5.83. The van der Waals surface area contributed by atoms with Gasteiger partial charge in [0.05, 0.1) is 19.3 Å². The van der Waals surface area contributed by atoms with E-state index in [9.17, 15) is 9.59 Å². The van der Waals surface area contributed by atoms with E-state index in [4.69, 9.17) is 9.47 Å². The molecule has 0 radical (unpaired) electrons.